The molecule has 0 radical (unpaired) electrons. The molecule has 2 nitrogen and oxygen atoms in total. The summed E-state index contributed by atoms with van der Waals surface area (Å²) in [5.41, 5.74) is 6.89. The van der Waals surface area contributed by atoms with Crippen LogP contribution in [0.5, 0.6) is 0 Å². The van der Waals surface area contributed by atoms with Gasteiger partial charge in [0.25, 0.3) is 0 Å². The Balaban J connectivity index is 1.79. The summed E-state index contributed by atoms with van der Waals surface area (Å²) < 4.78 is 3.62. The van der Waals surface area contributed by atoms with E-state index in [9.17, 15) is 0 Å². The maximum Gasteiger partial charge on any atom is 0.194 e. The third-order valence-electron chi connectivity index (χ3n) is 4.50. The molecule has 2 aliphatic carbocycles. The second-order valence-corrected chi connectivity index (χ2v) is 7.66. The van der Waals surface area contributed by atoms with Gasteiger partial charge in [-0.05, 0) is 43.4 Å². The lowest BCUT2D eigenvalue weighted by atomic mass is 10.0. The van der Waals surface area contributed by atoms with E-state index in [-0.39, 0.29) is 0 Å². The maximum atomic E-state index is 4.94. The fourth-order valence-electron chi connectivity index (χ4n) is 3.60. The van der Waals surface area contributed by atoms with Gasteiger partial charge in [0.2, 0.25) is 0 Å². The number of fused-ring (bicyclic) bond motifs is 7. The predicted molar refractivity (Wildman–Crippen MR) is 85.7 cm³/mol. The van der Waals surface area contributed by atoms with E-state index in [2.05, 4.69) is 38.5 Å². The van der Waals surface area contributed by atoms with Crippen LogP contribution in [0.3, 0.4) is 0 Å². The third-order valence-corrected chi connectivity index (χ3v) is 6.13. The van der Waals surface area contributed by atoms with Crippen LogP contribution in [0.15, 0.2) is 22.7 Å². The van der Waals surface area contributed by atoms with Crippen molar-refractivity contribution in [2.45, 2.75) is 32.1 Å². The third kappa shape index (κ3) is 1.41. The number of imidazole rings is 1. The van der Waals surface area contributed by atoms with E-state index in [1.165, 1.54) is 58.9 Å². The topological polar surface area (TPSA) is 17.3 Å². The zero-order chi connectivity index (χ0) is 13.3. The quantitative estimate of drug-likeness (QED) is 0.455. The lowest BCUT2D eigenvalue weighted by Crippen LogP contribution is -2.04. The van der Waals surface area contributed by atoms with E-state index in [0.717, 1.165) is 10.9 Å². The van der Waals surface area contributed by atoms with Gasteiger partial charge in [0.1, 0.15) is 0 Å². The zero-order valence-corrected chi connectivity index (χ0v) is 13.4. The Morgan fingerprint density at radius 1 is 1.15 bits per heavy atom. The van der Waals surface area contributed by atoms with Crippen LogP contribution in [-0.2, 0) is 19.3 Å². The van der Waals surface area contributed by atoms with Crippen LogP contribution in [0.1, 0.15) is 34.7 Å². The largest absolute Gasteiger partial charge is 0.290 e. The molecule has 0 saturated heterocycles. The van der Waals surface area contributed by atoms with Crippen LogP contribution in [-0.4, -0.2) is 9.38 Å². The first-order valence-corrected chi connectivity index (χ1v) is 8.73. The van der Waals surface area contributed by atoms with Crippen LogP contribution < -0.4 is 0 Å². The Hall–Kier alpha value is -1.13. The molecule has 0 saturated carbocycles. The van der Waals surface area contributed by atoms with Gasteiger partial charge in [0.15, 0.2) is 4.96 Å². The summed E-state index contributed by atoms with van der Waals surface area (Å²) in [5.74, 6) is 0. The van der Waals surface area contributed by atoms with E-state index >= 15 is 0 Å². The van der Waals surface area contributed by atoms with Crippen molar-refractivity contribution >= 4 is 32.2 Å². The molecule has 100 valence electrons. The van der Waals surface area contributed by atoms with Crippen molar-refractivity contribution in [1.82, 2.24) is 9.38 Å². The minimum Gasteiger partial charge on any atom is -0.290 e. The lowest BCUT2D eigenvalue weighted by Gasteiger charge is -2.11. The molecular weight excluding hydrogens is 332 g/mol. The maximum absolute atomic E-state index is 4.94. The Morgan fingerprint density at radius 2 is 2.05 bits per heavy atom. The molecule has 2 heterocycles. The average molecular weight is 345 g/mol. The second-order valence-electron chi connectivity index (χ2n) is 5.68. The monoisotopic (exact) mass is 344 g/mol. The number of nitrogens with zero attached hydrogens (tertiary/aromatic N) is 2. The number of hydrogen-bond donors (Lipinski definition) is 0. The summed E-state index contributed by atoms with van der Waals surface area (Å²) in [4.78, 5) is 7.71. The van der Waals surface area contributed by atoms with Gasteiger partial charge in [-0.3, -0.25) is 4.40 Å². The highest BCUT2D eigenvalue weighted by Gasteiger charge is 2.28. The van der Waals surface area contributed by atoms with Gasteiger partial charge in [-0.25, -0.2) is 4.98 Å². The summed E-state index contributed by atoms with van der Waals surface area (Å²) in [6, 6.07) is 6.56. The van der Waals surface area contributed by atoms with E-state index in [1.54, 1.807) is 4.88 Å². The number of thiazole rings is 1. The summed E-state index contributed by atoms with van der Waals surface area (Å²) >= 11 is 5.48. The Morgan fingerprint density at radius 3 is 3.00 bits per heavy atom. The van der Waals surface area contributed by atoms with Crippen molar-refractivity contribution in [1.29, 1.82) is 0 Å². The average Bonchev–Trinajstić information content (AvgIpc) is 3.05. The summed E-state index contributed by atoms with van der Waals surface area (Å²) in [7, 11) is 0. The number of benzene rings is 1. The fraction of sp³-hybridized carbons (Fsp3) is 0.312. The lowest BCUT2D eigenvalue weighted by molar-refractivity contribution is 0.671. The molecule has 0 fully saturated rings. The molecule has 1 aromatic carbocycles. The van der Waals surface area contributed by atoms with Crippen LogP contribution in [0, 0.1) is 0 Å². The minimum absolute atomic E-state index is 1.02. The molecule has 0 amide bonds. The summed E-state index contributed by atoms with van der Waals surface area (Å²) in [6.07, 6.45) is 6.15. The van der Waals surface area contributed by atoms with E-state index in [4.69, 9.17) is 4.98 Å². The van der Waals surface area contributed by atoms with E-state index in [1.807, 2.05) is 11.3 Å². The van der Waals surface area contributed by atoms with Crippen LogP contribution in [0.2, 0.25) is 0 Å². The van der Waals surface area contributed by atoms with E-state index < -0.39 is 0 Å². The number of halogens is 1. The van der Waals surface area contributed by atoms with Gasteiger partial charge in [0, 0.05) is 27.0 Å². The summed E-state index contributed by atoms with van der Waals surface area (Å²) in [5, 5.41) is 0. The van der Waals surface area contributed by atoms with Crippen molar-refractivity contribution in [2.24, 2.45) is 0 Å². The molecule has 0 aliphatic heterocycles. The molecule has 0 atom stereocenters. The van der Waals surface area contributed by atoms with Crippen molar-refractivity contribution in [3.05, 3.63) is 44.5 Å². The van der Waals surface area contributed by atoms with Crippen molar-refractivity contribution < 1.29 is 0 Å². The van der Waals surface area contributed by atoms with Gasteiger partial charge in [-0.15, -0.1) is 11.3 Å². The van der Waals surface area contributed by atoms with Gasteiger partial charge in [0.05, 0.1) is 11.4 Å². The normalized spacial score (nSPS) is 16.2. The van der Waals surface area contributed by atoms with Crippen LogP contribution in [0.25, 0.3) is 16.2 Å². The first-order valence-electron chi connectivity index (χ1n) is 7.12. The molecule has 0 unspecified atom stereocenters. The first-order chi connectivity index (χ1) is 9.81. The molecule has 2 aromatic heterocycles. The highest BCUT2D eigenvalue weighted by atomic mass is 79.9. The Bertz CT molecular complexity index is 859. The molecule has 3 aromatic rings. The standard InChI is InChI=1S/C16H13BrN2S/c17-10-5-6-11-9(7-10)8-13-15(11)18-16-19(13)12-3-1-2-4-14(12)20-16/h5-7H,1-4,8H2. The fourth-order valence-corrected chi connectivity index (χ4v) is 5.23. The Kier molecular flexibility index (Phi) is 2.28. The predicted octanol–water partition coefficient (Wildman–Crippen LogP) is 4.61. The zero-order valence-electron chi connectivity index (χ0n) is 10.9. The first kappa shape index (κ1) is 11.5. The molecule has 0 N–H and O–H groups in total. The minimum atomic E-state index is 1.02. The van der Waals surface area contributed by atoms with Gasteiger partial charge >= 0.3 is 0 Å². The van der Waals surface area contributed by atoms with Gasteiger partial charge in [-0.2, -0.15) is 0 Å². The molecular formula is C16H13BrN2S. The highest BCUT2D eigenvalue weighted by molar-refractivity contribution is 9.10. The smallest absolute Gasteiger partial charge is 0.194 e. The van der Waals surface area contributed by atoms with E-state index in [0.29, 0.717) is 0 Å². The van der Waals surface area contributed by atoms with Gasteiger partial charge < -0.3 is 0 Å². The molecule has 4 heteroatoms. The Labute approximate surface area is 129 Å². The molecule has 0 spiro atoms. The van der Waals surface area contributed by atoms with Crippen molar-refractivity contribution in [3.63, 3.8) is 0 Å². The second kappa shape index (κ2) is 3.95. The molecule has 0 bridgehead atoms. The van der Waals surface area contributed by atoms with Crippen LogP contribution >= 0.6 is 27.3 Å². The van der Waals surface area contributed by atoms with Crippen LogP contribution in [0.4, 0.5) is 0 Å². The number of hydrogen-bond acceptors (Lipinski definition) is 2. The van der Waals surface area contributed by atoms with Crippen molar-refractivity contribution in [3.8, 4) is 11.3 Å². The highest BCUT2D eigenvalue weighted by Crippen LogP contribution is 2.41. The number of aryl methyl sites for hydroxylation is 2. The molecule has 5 rings (SSSR count). The number of aromatic nitrogens is 2. The van der Waals surface area contributed by atoms with Gasteiger partial charge in [-0.1, -0.05) is 22.0 Å². The number of rotatable bonds is 0. The van der Waals surface area contributed by atoms with Crippen molar-refractivity contribution in [2.75, 3.05) is 0 Å². The SMILES string of the molecule is Brc1ccc2c(c1)Cc1c-2nc2sc3c(n12)CCCC3. The summed E-state index contributed by atoms with van der Waals surface area (Å²) in [6.45, 7) is 0. The molecule has 2 aliphatic rings. The molecule has 20 heavy (non-hydrogen) atoms.